The van der Waals surface area contributed by atoms with Crippen molar-refractivity contribution in [2.75, 3.05) is 6.54 Å². The molecule has 28 heavy (non-hydrogen) atoms. The van der Waals surface area contributed by atoms with Crippen LogP contribution in [0, 0.1) is 29.0 Å². The van der Waals surface area contributed by atoms with Gasteiger partial charge in [0.15, 0.2) is 0 Å². The Kier molecular flexibility index (Phi) is 3.57. The lowest BCUT2D eigenvalue weighted by Gasteiger charge is -2.57. The zero-order valence-corrected chi connectivity index (χ0v) is 16.2. The first-order valence-electron chi connectivity index (χ1n) is 10.8. The summed E-state index contributed by atoms with van der Waals surface area (Å²) in [5.41, 5.74) is 1.47. The zero-order chi connectivity index (χ0) is 18.9. The molecule has 0 N–H and O–H groups in total. The Bertz CT molecular complexity index is 897. The van der Waals surface area contributed by atoms with Gasteiger partial charge in [0.2, 0.25) is 5.91 Å². The number of rotatable bonds is 2. The number of carbonyl (C=O) groups is 1. The number of fused-ring (bicyclic) bond motifs is 1. The monoisotopic (exact) mass is 378 g/mol. The Morgan fingerprint density at radius 1 is 0.929 bits per heavy atom. The second kappa shape index (κ2) is 5.95. The number of amides is 1. The number of hydrogen-bond acceptors (Lipinski definition) is 1. The third-order valence-corrected chi connectivity index (χ3v) is 7.99. The summed E-state index contributed by atoms with van der Waals surface area (Å²) in [7, 11) is 0. The van der Waals surface area contributed by atoms with Gasteiger partial charge in [0, 0.05) is 30.5 Å². The van der Waals surface area contributed by atoms with Crippen LogP contribution in [0.5, 0.6) is 0 Å². The summed E-state index contributed by atoms with van der Waals surface area (Å²) in [5, 5.41) is 0. The van der Waals surface area contributed by atoms with E-state index in [4.69, 9.17) is 0 Å². The van der Waals surface area contributed by atoms with Crippen molar-refractivity contribution in [3.8, 4) is 0 Å². The fourth-order valence-electron chi connectivity index (χ4n) is 7.30. The summed E-state index contributed by atoms with van der Waals surface area (Å²) >= 11 is 0. The Morgan fingerprint density at radius 3 is 2.29 bits per heavy atom. The SMILES string of the molecule is O=C(N1CCn2cccc2C1c1ccccc1F)C12CC3CC(CC(C3)C1)C2. The molecule has 1 aromatic heterocycles. The van der Waals surface area contributed by atoms with Crippen LogP contribution in [0.2, 0.25) is 0 Å². The Labute approximate surface area is 165 Å². The molecule has 1 amide bonds. The van der Waals surface area contributed by atoms with Crippen LogP contribution >= 0.6 is 0 Å². The third-order valence-electron chi connectivity index (χ3n) is 7.99. The minimum atomic E-state index is -0.314. The molecule has 0 radical (unpaired) electrons. The van der Waals surface area contributed by atoms with E-state index in [1.54, 1.807) is 6.07 Å². The topological polar surface area (TPSA) is 25.2 Å². The minimum Gasteiger partial charge on any atom is -0.348 e. The molecule has 4 aliphatic carbocycles. The predicted octanol–water partition coefficient (Wildman–Crippen LogP) is 4.78. The molecular weight excluding hydrogens is 351 g/mol. The molecule has 4 saturated carbocycles. The summed E-state index contributed by atoms with van der Waals surface area (Å²) in [6.07, 6.45) is 9.19. The van der Waals surface area contributed by atoms with Gasteiger partial charge in [0.25, 0.3) is 0 Å². The van der Waals surface area contributed by atoms with Crippen LogP contribution in [-0.4, -0.2) is 21.9 Å². The molecule has 7 rings (SSSR count). The van der Waals surface area contributed by atoms with Crippen molar-refractivity contribution in [3.05, 3.63) is 59.7 Å². The quantitative estimate of drug-likeness (QED) is 0.739. The molecule has 1 aromatic carbocycles. The first kappa shape index (κ1) is 16.8. The minimum absolute atomic E-state index is 0.187. The van der Waals surface area contributed by atoms with Gasteiger partial charge in [-0.15, -0.1) is 0 Å². The van der Waals surface area contributed by atoms with E-state index in [1.165, 1.54) is 25.3 Å². The summed E-state index contributed by atoms with van der Waals surface area (Å²) in [6.45, 7) is 1.46. The lowest BCUT2D eigenvalue weighted by atomic mass is 9.49. The second-order valence-electron chi connectivity index (χ2n) is 9.75. The zero-order valence-electron chi connectivity index (χ0n) is 16.2. The molecule has 1 atom stereocenters. The fourth-order valence-corrected chi connectivity index (χ4v) is 7.30. The molecule has 0 saturated heterocycles. The van der Waals surface area contributed by atoms with Gasteiger partial charge in [-0.3, -0.25) is 4.79 Å². The highest BCUT2D eigenvalue weighted by atomic mass is 19.1. The summed E-state index contributed by atoms with van der Waals surface area (Å²) in [4.78, 5) is 16.1. The van der Waals surface area contributed by atoms with Crippen LogP contribution in [0.1, 0.15) is 55.8 Å². The van der Waals surface area contributed by atoms with Gasteiger partial charge in [-0.1, -0.05) is 18.2 Å². The average Bonchev–Trinajstić information content (AvgIpc) is 3.15. The molecule has 3 nitrogen and oxygen atoms in total. The van der Waals surface area contributed by atoms with Crippen LogP contribution in [-0.2, 0) is 11.3 Å². The van der Waals surface area contributed by atoms with E-state index < -0.39 is 0 Å². The largest absolute Gasteiger partial charge is 0.348 e. The van der Waals surface area contributed by atoms with Gasteiger partial charge in [-0.25, -0.2) is 4.39 Å². The van der Waals surface area contributed by atoms with E-state index in [-0.39, 0.29) is 17.3 Å². The molecule has 1 unspecified atom stereocenters. The Balaban J connectivity index is 1.42. The predicted molar refractivity (Wildman–Crippen MR) is 105 cm³/mol. The molecule has 146 valence electrons. The van der Waals surface area contributed by atoms with E-state index in [0.717, 1.165) is 49.3 Å². The van der Waals surface area contributed by atoms with Crippen molar-refractivity contribution in [3.63, 3.8) is 0 Å². The van der Waals surface area contributed by atoms with Crippen molar-refractivity contribution in [1.29, 1.82) is 0 Å². The normalized spacial score (nSPS) is 35.8. The maximum absolute atomic E-state index is 14.8. The van der Waals surface area contributed by atoms with Crippen molar-refractivity contribution >= 4 is 5.91 Å². The van der Waals surface area contributed by atoms with Gasteiger partial charge in [-0.05, 0) is 74.5 Å². The molecule has 1 aliphatic heterocycles. The van der Waals surface area contributed by atoms with Gasteiger partial charge < -0.3 is 9.47 Å². The van der Waals surface area contributed by atoms with E-state index in [9.17, 15) is 9.18 Å². The van der Waals surface area contributed by atoms with E-state index in [1.807, 2.05) is 23.1 Å². The molecule has 2 aromatic rings. The smallest absolute Gasteiger partial charge is 0.229 e. The van der Waals surface area contributed by atoms with Crippen molar-refractivity contribution < 1.29 is 9.18 Å². The van der Waals surface area contributed by atoms with Crippen LogP contribution in [0.3, 0.4) is 0 Å². The lowest BCUT2D eigenvalue weighted by Crippen LogP contribution is -2.56. The fraction of sp³-hybridized carbons (Fsp3) is 0.542. The first-order chi connectivity index (χ1) is 13.6. The number of nitrogens with zero attached hydrogens (tertiary/aromatic N) is 2. The second-order valence-corrected chi connectivity index (χ2v) is 9.75. The van der Waals surface area contributed by atoms with E-state index in [0.29, 0.717) is 18.0 Å². The number of benzene rings is 1. The molecule has 4 fully saturated rings. The van der Waals surface area contributed by atoms with Gasteiger partial charge in [0.05, 0.1) is 5.41 Å². The van der Waals surface area contributed by atoms with Crippen LogP contribution in [0.25, 0.3) is 0 Å². The number of halogens is 1. The number of aromatic nitrogens is 1. The molecule has 2 heterocycles. The van der Waals surface area contributed by atoms with Gasteiger partial charge >= 0.3 is 0 Å². The molecular formula is C24H27FN2O. The highest BCUT2D eigenvalue weighted by Gasteiger charge is 2.56. The van der Waals surface area contributed by atoms with E-state index in [2.05, 4.69) is 16.8 Å². The van der Waals surface area contributed by atoms with Gasteiger partial charge in [0.1, 0.15) is 11.9 Å². The van der Waals surface area contributed by atoms with Crippen molar-refractivity contribution in [2.24, 2.45) is 23.2 Å². The highest BCUT2D eigenvalue weighted by molar-refractivity contribution is 5.84. The summed E-state index contributed by atoms with van der Waals surface area (Å²) in [5.74, 6) is 2.28. The molecule has 4 heteroatoms. The first-order valence-corrected chi connectivity index (χ1v) is 10.8. The molecule has 0 spiro atoms. The van der Waals surface area contributed by atoms with Crippen molar-refractivity contribution in [1.82, 2.24) is 9.47 Å². The average molecular weight is 378 g/mol. The van der Waals surface area contributed by atoms with E-state index >= 15 is 0 Å². The Hall–Kier alpha value is -2.10. The summed E-state index contributed by atoms with van der Waals surface area (Å²) in [6, 6.07) is 10.7. The lowest BCUT2D eigenvalue weighted by molar-refractivity contribution is -0.160. The van der Waals surface area contributed by atoms with Crippen LogP contribution in [0.4, 0.5) is 4.39 Å². The van der Waals surface area contributed by atoms with Crippen LogP contribution in [0.15, 0.2) is 42.6 Å². The molecule has 5 aliphatic rings. The molecule has 4 bridgehead atoms. The van der Waals surface area contributed by atoms with Crippen molar-refractivity contribution in [2.45, 2.75) is 51.1 Å². The standard InChI is InChI=1S/C24H27FN2O/c25-20-5-2-1-4-19(20)22-21-6-3-7-26(21)8-9-27(22)23(28)24-13-16-10-17(14-24)12-18(11-16)15-24/h1-7,16-18,22H,8-15H2. The highest BCUT2D eigenvalue weighted by Crippen LogP contribution is 2.61. The van der Waals surface area contributed by atoms with Crippen LogP contribution < -0.4 is 0 Å². The summed E-state index contributed by atoms with van der Waals surface area (Å²) < 4.78 is 17.0. The number of carbonyl (C=O) groups excluding carboxylic acids is 1. The third kappa shape index (κ3) is 2.36. The maximum Gasteiger partial charge on any atom is 0.229 e. The Morgan fingerprint density at radius 2 is 1.61 bits per heavy atom. The van der Waals surface area contributed by atoms with Gasteiger partial charge in [-0.2, -0.15) is 0 Å². The maximum atomic E-state index is 14.8. The number of hydrogen-bond donors (Lipinski definition) is 0.